The summed E-state index contributed by atoms with van der Waals surface area (Å²) in [4.78, 5) is 16.5. The lowest BCUT2D eigenvalue weighted by molar-refractivity contribution is -0.133. The first-order valence-electron chi connectivity index (χ1n) is 8.23. The van der Waals surface area contributed by atoms with Gasteiger partial charge < -0.3 is 14.7 Å². The summed E-state index contributed by atoms with van der Waals surface area (Å²) in [6.45, 7) is 7.45. The minimum atomic E-state index is -0.680. The molecule has 1 fully saturated rings. The van der Waals surface area contributed by atoms with Crippen LogP contribution < -0.4 is 4.74 Å². The summed E-state index contributed by atoms with van der Waals surface area (Å²) < 4.78 is 5.14. The highest BCUT2D eigenvalue weighted by atomic mass is 16.5. The first-order valence-corrected chi connectivity index (χ1v) is 8.23. The Kier molecular flexibility index (Phi) is 6.02. The molecule has 0 saturated carbocycles. The van der Waals surface area contributed by atoms with E-state index in [9.17, 15) is 9.90 Å². The number of rotatable bonds is 6. The van der Waals surface area contributed by atoms with Crippen molar-refractivity contribution in [3.05, 3.63) is 29.8 Å². The summed E-state index contributed by atoms with van der Waals surface area (Å²) in [5, 5.41) is 9.86. The molecule has 1 aromatic carbocycles. The minimum Gasteiger partial charge on any atom is -0.497 e. The lowest BCUT2D eigenvalue weighted by Crippen LogP contribution is -2.52. The van der Waals surface area contributed by atoms with E-state index in [0.29, 0.717) is 13.0 Å². The smallest absolute Gasteiger partial charge is 0.222 e. The standard InChI is InChI=1S/C18H28N2O3/c1-18(2,22)14-19-10-12-20(13-11-19)17(21)9-6-15-4-7-16(23-3)8-5-15/h4-5,7-8,22H,6,9-14H2,1-3H3. The normalized spacial score (nSPS) is 16.4. The molecule has 128 valence electrons. The second-order valence-electron chi connectivity index (χ2n) is 6.82. The molecule has 1 N–H and O–H groups in total. The fourth-order valence-electron chi connectivity index (χ4n) is 2.90. The van der Waals surface area contributed by atoms with Gasteiger partial charge in [-0.1, -0.05) is 12.1 Å². The molecule has 5 nitrogen and oxygen atoms in total. The third-order valence-corrected chi connectivity index (χ3v) is 4.12. The van der Waals surface area contributed by atoms with Gasteiger partial charge >= 0.3 is 0 Å². The molecule has 1 aromatic rings. The Morgan fingerprint density at radius 1 is 1.17 bits per heavy atom. The van der Waals surface area contributed by atoms with E-state index in [0.717, 1.165) is 43.9 Å². The van der Waals surface area contributed by atoms with Gasteiger partial charge in [-0.05, 0) is 38.0 Å². The van der Waals surface area contributed by atoms with Gasteiger partial charge in [-0.2, -0.15) is 0 Å². The number of hydrogen-bond donors (Lipinski definition) is 1. The van der Waals surface area contributed by atoms with E-state index in [1.807, 2.05) is 43.0 Å². The molecule has 0 aromatic heterocycles. The lowest BCUT2D eigenvalue weighted by atomic mass is 10.1. The highest BCUT2D eigenvalue weighted by Crippen LogP contribution is 2.14. The molecule has 0 bridgehead atoms. The molecule has 0 aliphatic carbocycles. The van der Waals surface area contributed by atoms with Crippen molar-refractivity contribution in [3.63, 3.8) is 0 Å². The second-order valence-corrected chi connectivity index (χ2v) is 6.82. The van der Waals surface area contributed by atoms with Gasteiger partial charge in [0, 0.05) is 39.1 Å². The number of hydrogen-bond acceptors (Lipinski definition) is 4. The maximum Gasteiger partial charge on any atom is 0.222 e. The Morgan fingerprint density at radius 2 is 1.78 bits per heavy atom. The van der Waals surface area contributed by atoms with Crippen LogP contribution in [0.25, 0.3) is 0 Å². The molecule has 1 aliphatic rings. The number of carbonyl (C=O) groups is 1. The summed E-state index contributed by atoms with van der Waals surface area (Å²) in [6, 6.07) is 7.87. The zero-order valence-electron chi connectivity index (χ0n) is 14.4. The maximum absolute atomic E-state index is 12.3. The number of methoxy groups -OCH3 is 1. The Morgan fingerprint density at radius 3 is 2.30 bits per heavy atom. The largest absolute Gasteiger partial charge is 0.497 e. The predicted molar refractivity (Wildman–Crippen MR) is 90.6 cm³/mol. The third-order valence-electron chi connectivity index (χ3n) is 4.12. The number of ether oxygens (including phenoxy) is 1. The van der Waals surface area contributed by atoms with Crippen LogP contribution in [0.4, 0.5) is 0 Å². The average Bonchev–Trinajstić information content (AvgIpc) is 2.52. The van der Waals surface area contributed by atoms with Crippen molar-refractivity contribution in [2.45, 2.75) is 32.3 Å². The van der Waals surface area contributed by atoms with Gasteiger partial charge in [0.15, 0.2) is 0 Å². The third kappa shape index (κ3) is 5.84. The number of carbonyl (C=O) groups excluding carboxylic acids is 1. The van der Waals surface area contributed by atoms with E-state index in [4.69, 9.17) is 4.74 Å². The zero-order chi connectivity index (χ0) is 16.9. The summed E-state index contributed by atoms with van der Waals surface area (Å²) in [5.74, 6) is 1.05. The Labute approximate surface area is 138 Å². The number of β-amino-alcohol motifs (C(OH)–C–C–N with tert-alkyl or cyclic N) is 1. The van der Waals surface area contributed by atoms with Gasteiger partial charge in [0.2, 0.25) is 5.91 Å². The maximum atomic E-state index is 12.3. The van der Waals surface area contributed by atoms with Crippen LogP contribution in [0.5, 0.6) is 5.75 Å². The molecular weight excluding hydrogens is 292 g/mol. The van der Waals surface area contributed by atoms with Crippen LogP contribution in [0, 0.1) is 0 Å². The van der Waals surface area contributed by atoms with Crippen LogP contribution in [0.1, 0.15) is 25.8 Å². The molecule has 0 radical (unpaired) electrons. The summed E-state index contributed by atoms with van der Waals surface area (Å²) in [5.41, 5.74) is 0.473. The zero-order valence-corrected chi connectivity index (χ0v) is 14.4. The van der Waals surface area contributed by atoms with Crippen molar-refractivity contribution in [1.29, 1.82) is 0 Å². The molecular formula is C18H28N2O3. The Balaban J connectivity index is 1.74. The molecule has 23 heavy (non-hydrogen) atoms. The van der Waals surface area contributed by atoms with Crippen molar-refractivity contribution in [2.24, 2.45) is 0 Å². The number of piperazine rings is 1. The van der Waals surface area contributed by atoms with Crippen molar-refractivity contribution in [3.8, 4) is 5.75 Å². The van der Waals surface area contributed by atoms with Crippen LogP contribution >= 0.6 is 0 Å². The van der Waals surface area contributed by atoms with Gasteiger partial charge in [0.25, 0.3) is 0 Å². The molecule has 0 atom stereocenters. The van der Waals surface area contributed by atoms with E-state index >= 15 is 0 Å². The first-order chi connectivity index (χ1) is 10.9. The Hall–Kier alpha value is -1.59. The van der Waals surface area contributed by atoms with Crippen molar-refractivity contribution in [1.82, 2.24) is 9.80 Å². The topological polar surface area (TPSA) is 53.0 Å². The first kappa shape index (κ1) is 17.8. The van der Waals surface area contributed by atoms with E-state index < -0.39 is 5.60 Å². The molecule has 1 amide bonds. The van der Waals surface area contributed by atoms with E-state index in [-0.39, 0.29) is 5.91 Å². The van der Waals surface area contributed by atoms with E-state index in [2.05, 4.69) is 4.90 Å². The van der Waals surface area contributed by atoms with Gasteiger partial charge in [-0.3, -0.25) is 9.69 Å². The molecule has 0 spiro atoms. The SMILES string of the molecule is COc1ccc(CCC(=O)N2CCN(CC(C)(C)O)CC2)cc1. The van der Waals surface area contributed by atoms with Gasteiger partial charge in [-0.15, -0.1) is 0 Å². The van der Waals surface area contributed by atoms with E-state index in [1.54, 1.807) is 7.11 Å². The highest BCUT2D eigenvalue weighted by molar-refractivity contribution is 5.76. The Bertz CT molecular complexity index is 500. The quantitative estimate of drug-likeness (QED) is 0.864. The fourth-order valence-corrected chi connectivity index (χ4v) is 2.90. The summed E-state index contributed by atoms with van der Waals surface area (Å²) in [7, 11) is 1.65. The fraction of sp³-hybridized carbons (Fsp3) is 0.611. The van der Waals surface area contributed by atoms with Crippen LogP contribution in [0.2, 0.25) is 0 Å². The molecule has 2 rings (SSSR count). The van der Waals surface area contributed by atoms with Crippen LogP contribution in [0.15, 0.2) is 24.3 Å². The van der Waals surface area contributed by atoms with Crippen LogP contribution in [-0.2, 0) is 11.2 Å². The average molecular weight is 320 g/mol. The molecule has 1 heterocycles. The number of nitrogens with zero attached hydrogens (tertiary/aromatic N) is 2. The van der Waals surface area contributed by atoms with Crippen molar-refractivity contribution in [2.75, 3.05) is 39.8 Å². The van der Waals surface area contributed by atoms with Crippen molar-refractivity contribution >= 4 is 5.91 Å². The van der Waals surface area contributed by atoms with Gasteiger partial charge in [0.05, 0.1) is 12.7 Å². The van der Waals surface area contributed by atoms with E-state index in [1.165, 1.54) is 0 Å². The molecule has 1 saturated heterocycles. The number of aliphatic hydroxyl groups is 1. The highest BCUT2D eigenvalue weighted by Gasteiger charge is 2.24. The van der Waals surface area contributed by atoms with Crippen LogP contribution in [-0.4, -0.2) is 66.2 Å². The molecule has 1 aliphatic heterocycles. The number of benzene rings is 1. The summed E-state index contributed by atoms with van der Waals surface area (Å²) >= 11 is 0. The number of aryl methyl sites for hydroxylation is 1. The van der Waals surface area contributed by atoms with Crippen LogP contribution in [0.3, 0.4) is 0 Å². The predicted octanol–water partition coefficient (Wildman–Crippen LogP) is 1.54. The summed E-state index contributed by atoms with van der Waals surface area (Å²) in [6.07, 6.45) is 1.30. The second kappa shape index (κ2) is 7.79. The van der Waals surface area contributed by atoms with Gasteiger partial charge in [-0.25, -0.2) is 0 Å². The van der Waals surface area contributed by atoms with Gasteiger partial charge in [0.1, 0.15) is 5.75 Å². The monoisotopic (exact) mass is 320 g/mol. The molecule has 5 heteroatoms. The minimum absolute atomic E-state index is 0.212. The molecule has 0 unspecified atom stereocenters. The lowest BCUT2D eigenvalue weighted by Gasteiger charge is -2.37. The van der Waals surface area contributed by atoms with Crippen molar-refractivity contribution < 1.29 is 14.6 Å². The number of amides is 1.